The molecule has 0 rings (SSSR count). The molecule has 1 atom stereocenters. The Morgan fingerprint density at radius 3 is 2.28 bits per heavy atom. The van der Waals surface area contributed by atoms with Gasteiger partial charge < -0.3 is 9.84 Å². The molecule has 0 aromatic heterocycles. The van der Waals surface area contributed by atoms with E-state index in [9.17, 15) is 18.0 Å². The van der Waals surface area contributed by atoms with Crippen LogP contribution in [0.2, 0.25) is 0 Å². The number of carbonyl (C=O) groups is 2. The molecule has 0 aromatic carbocycles. The van der Waals surface area contributed by atoms with Gasteiger partial charge in [-0.1, -0.05) is 13.0 Å². The monoisotopic (exact) mass is 280 g/mol. The number of allylic oxidation sites excluding steroid dienone is 1. The van der Waals surface area contributed by atoms with Gasteiger partial charge in [-0.05, 0) is 13.3 Å². The fourth-order valence-electron chi connectivity index (χ4n) is 1.29. The van der Waals surface area contributed by atoms with Crippen LogP contribution < -0.4 is 0 Å². The first kappa shape index (κ1) is 16.6. The van der Waals surface area contributed by atoms with E-state index in [2.05, 4.69) is 4.74 Å². The van der Waals surface area contributed by atoms with E-state index in [1.165, 1.54) is 13.0 Å². The van der Waals surface area contributed by atoms with Crippen molar-refractivity contribution in [3.8, 4) is 0 Å². The van der Waals surface area contributed by atoms with Crippen molar-refractivity contribution in [2.24, 2.45) is 0 Å². The topological polar surface area (TPSA) is 118 Å². The van der Waals surface area contributed by atoms with Crippen LogP contribution in [0.25, 0.3) is 0 Å². The standard InChI is InChI=1S/C10H16O7S/c1-3-5-9(13)17-7-10(4-2,6-8(11)12)18(14,15)16/h3,5H,4,6-7H2,1-2H3,(H,11,12)(H,14,15,16). The molecule has 0 amide bonds. The van der Waals surface area contributed by atoms with Gasteiger partial charge in [-0.2, -0.15) is 8.42 Å². The van der Waals surface area contributed by atoms with Crippen molar-refractivity contribution in [3.05, 3.63) is 12.2 Å². The first-order valence-corrected chi connectivity index (χ1v) is 6.61. The van der Waals surface area contributed by atoms with E-state index in [0.717, 1.165) is 6.08 Å². The van der Waals surface area contributed by atoms with Gasteiger partial charge in [-0.3, -0.25) is 9.35 Å². The minimum atomic E-state index is -4.66. The van der Waals surface area contributed by atoms with Gasteiger partial charge in [0, 0.05) is 6.08 Å². The lowest BCUT2D eigenvalue weighted by Gasteiger charge is -2.26. The summed E-state index contributed by atoms with van der Waals surface area (Å²) in [4.78, 5) is 21.7. The van der Waals surface area contributed by atoms with Gasteiger partial charge in [0.05, 0.1) is 6.42 Å². The van der Waals surface area contributed by atoms with Gasteiger partial charge >= 0.3 is 11.9 Å². The van der Waals surface area contributed by atoms with E-state index in [1.54, 1.807) is 6.92 Å². The minimum Gasteiger partial charge on any atom is -0.481 e. The molecular weight excluding hydrogens is 264 g/mol. The molecule has 104 valence electrons. The van der Waals surface area contributed by atoms with Crippen LogP contribution in [0.15, 0.2) is 12.2 Å². The number of hydrogen-bond donors (Lipinski definition) is 2. The van der Waals surface area contributed by atoms with Crippen LogP contribution in [0, 0.1) is 0 Å². The number of hydrogen-bond acceptors (Lipinski definition) is 5. The molecule has 0 aliphatic heterocycles. The SMILES string of the molecule is CC=CC(=O)OCC(CC)(CC(=O)O)S(=O)(=O)O. The number of esters is 1. The van der Waals surface area contributed by atoms with Gasteiger partial charge in [0.1, 0.15) is 11.4 Å². The quantitative estimate of drug-likeness (QED) is 0.398. The third-order valence-corrected chi connectivity index (χ3v) is 4.09. The van der Waals surface area contributed by atoms with Crippen LogP contribution in [0.1, 0.15) is 26.7 Å². The smallest absolute Gasteiger partial charge is 0.330 e. The minimum absolute atomic E-state index is 0.193. The lowest BCUT2D eigenvalue weighted by atomic mass is 10.0. The van der Waals surface area contributed by atoms with Gasteiger partial charge in [-0.15, -0.1) is 0 Å². The molecule has 0 bridgehead atoms. The molecule has 0 aliphatic rings. The van der Waals surface area contributed by atoms with Crippen molar-refractivity contribution < 1.29 is 32.4 Å². The van der Waals surface area contributed by atoms with Gasteiger partial charge in [0.15, 0.2) is 0 Å². The van der Waals surface area contributed by atoms with E-state index < -0.39 is 39.8 Å². The summed E-state index contributed by atoms with van der Waals surface area (Å²) >= 11 is 0. The largest absolute Gasteiger partial charge is 0.481 e. The Balaban J connectivity index is 5.10. The summed E-state index contributed by atoms with van der Waals surface area (Å²) in [7, 11) is -4.66. The van der Waals surface area contributed by atoms with Crippen molar-refractivity contribution in [3.63, 3.8) is 0 Å². The van der Waals surface area contributed by atoms with E-state index in [-0.39, 0.29) is 6.42 Å². The second-order valence-corrected chi connectivity index (χ2v) is 5.51. The molecule has 8 heteroatoms. The molecule has 2 N–H and O–H groups in total. The highest BCUT2D eigenvalue weighted by molar-refractivity contribution is 7.87. The lowest BCUT2D eigenvalue weighted by Crippen LogP contribution is -2.44. The van der Waals surface area contributed by atoms with Crippen molar-refractivity contribution in [2.45, 2.75) is 31.4 Å². The summed E-state index contributed by atoms with van der Waals surface area (Å²) in [5.41, 5.74) is 0. The molecule has 0 saturated carbocycles. The number of carbonyl (C=O) groups excluding carboxylic acids is 1. The molecule has 0 aromatic rings. The summed E-state index contributed by atoms with van der Waals surface area (Å²) in [6, 6.07) is 0. The average molecular weight is 280 g/mol. The highest BCUT2D eigenvalue weighted by Crippen LogP contribution is 2.26. The third kappa shape index (κ3) is 4.46. The number of carboxylic acid groups (broad SMARTS) is 1. The molecular formula is C10H16O7S. The Kier molecular flexibility index (Phi) is 5.99. The van der Waals surface area contributed by atoms with E-state index in [4.69, 9.17) is 9.66 Å². The first-order valence-electron chi connectivity index (χ1n) is 5.17. The van der Waals surface area contributed by atoms with Crippen LogP contribution in [0.5, 0.6) is 0 Å². The van der Waals surface area contributed by atoms with E-state index >= 15 is 0 Å². The predicted octanol–water partition coefficient (Wildman–Crippen LogP) is 0.617. The fourth-order valence-corrected chi connectivity index (χ4v) is 2.17. The highest BCUT2D eigenvalue weighted by atomic mass is 32.2. The van der Waals surface area contributed by atoms with Crippen molar-refractivity contribution in [2.75, 3.05) is 6.61 Å². The zero-order valence-corrected chi connectivity index (χ0v) is 10.9. The summed E-state index contributed by atoms with van der Waals surface area (Å²) in [6.45, 7) is 2.24. The molecule has 0 aliphatic carbocycles. The second-order valence-electron chi connectivity index (χ2n) is 3.69. The molecule has 0 saturated heterocycles. The maximum atomic E-state index is 11.3. The highest BCUT2D eigenvalue weighted by Gasteiger charge is 2.44. The number of aliphatic carboxylic acids is 1. The Bertz CT molecular complexity index is 437. The zero-order valence-electron chi connectivity index (χ0n) is 10.1. The number of carboxylic acids is 1. The molecule has 0 spiro atoms. The third-order valence-electron chi connectivity index (χ3n) is 2.45. The van der Waals surface area contributed by atoms with Gasteiger partial charge in [-0.25, -0.2) is 4.79 Å². The summed E-state index contributed by atoms with van der Waals surface area (Å²) in [5.74, 6) is -2.21. The van der Waals surface area contributed by atoms with E-state index in [0.29, 0.717) is 0 Å². The van der Waals surface area contributed by atoms with Gasteiger partial charge in [0.25, 0.3) is 10.1 Å². The Labute approximate surface area is 105 Å². The van der Waals surface area contributed by atoms with Crippen molar-refractivity contribution in [1.82, 2.24) is 0 Å². The molecule has 0 heterocycles. The maximum Gasteiger partial charge on any atom is 0.330 e. The molecule has 1 unspecified atom stereocenters. The van der Waals surface area contributed by atoms with Crippen LogP contribution in [-0.4, -0.2) is 41.4 Å². The van der Waals surface area contributed by atoms with Crippen LogP contribution in [0.4, 0.5) is 0 Å². The summed E-state index contributed by atoms with van der Waals surface area (Å²) in [5, 5.41) is 8.68. The Morgan fingerprint density at radius 1 is 1.39 bits per heavy atom. The van der Waals surface area contributed by atoms with Crippen molar-refractivity contribution >= 4 is 22.1 Å². The normalized spacial score (nSPS) is 15.3. The molecule has 0 fully saturated rings. The average Bonchev–Trinajstić information content (AvgIpc) is 2.22. The Morgan fingerprint density at radius 2 is 1.94 bits per heavy atom. The second kappa shape index (κ2) is 6.50. The first-order chi connectivity index (χ1) is 8.18. The summed E-state index contributed by atoms with van der Waals surface area (Å²) < 4.78 is 34.3. The van der Waals surface area contributed by atoms with E-state index in [1.807, 2.05) is 0 Å². The maximum absolute atomic E-state index is 11.3. The Hall–Kier alpha value is -1.41. The number of ether oxygens (including phenoxy) is 1. The molecule has 0 radical (unpaired) electrons. The predicted molar refractivity (Wildman–Crippen MR) is 62.6 cm³/mol. The fraction of sp³-hybridized carbons (Fsp3) is 0.600. The van der Waals surface area contributed by atoms with Gasteiger partial charge in [0.2, 0.25) is 0 Å². The zero-order chi connectivity index (χ0) is 14.4. The van der Waals surface area contributed by atoms with Crippen LogP contribution in [-0.2, 0) is 24.4 Å². The summed E-state index contributed by atoms with van der Waals surface area (Å²) in [6.07, 6.45) is 1.42. The van der Waals surface area contributed by atoms with Crippen LogP contribution in [0.3, 0.4) is 0 Å². The van der Waals surface area contributed by atoms with Crippen LogP contribution >= 0.6 is 0 Å². The molecule has 7 nitrogen and oxygen atoms in total. The molecule has 18 heavy (non-hydrogen) atoms. The number of rotatable bonds is 7. The van der Waals surface area contributed by atoms with Crippen molar-refractivity contribution in [1.29, 1.82) is 0 Å². The lowest BCUT2D eigenvalue weighted by molar-refractivity contribution is -0.143.